The number of sulfonamides is 1. The van der Waals surface area contributed by atoms with Crippen LogP contribution in [0.4, 0.5) is 0 Å². The van der Waals surface area contributed by atoms with Crippen LogP contribution >= 0.6 is 0 Å². The average molecular weight is 343 g/mol. The second-order valence-corrected chi connectivity index (χ2v) is 7.34. The second kappa shape index (κ2) is 8.07. The molecule has 0 heterocycles. The van der Waals surface area contributed by atoms with E-state index in [0.29, 0.717) is 5.56 Å². The first-order chi connectivity index (χ1) is 10.6. The van der Waals surface area contributed by atoms with E-state index in [1.165, 1.54) is 19.2 Å². The topological polar surface area (TPSA) is 110 Å². The van der Waals surface area contributed by atoms with Gasteiger partial charge in [0.1, 0.15) is 6.04 Å². The highest BCUT2D eigenvalue weighted by atomic mass is 32.2. The molecule has 1 atom stereocenters. The Morgan fingerprint density at radius 1 is 1.30 bits per heavy atom. The van der Waals surface area contributed by atoms with E-state index < -0.39 is 33.8 Å². The molecule has 0 spiro atoms. The second-order valence-electron chi connectivity index (χ2n) is 5.59. The van der Waals surface area contributed by atoms with E-state index in [4.69, 9.17) is 5.11 Å². The van der Waals surface area contributed by atoms with Crippen molar-refractivity contribution in [2.45, 2.75) is 32.1 Å². The van der Waals surface area contributed by atoms with Crippen molar-refractivity contribution in [1.82, 2.24) is 4.72 Å². The van der Waals surface area contributed by atoms with Crippen LogP contribution in [0.25, 0.3) is 0 Å². The molecule has 2 N–H and O–H groups in total. The van der Waals surface area contributed by atoms with E-state index in [9.17, 15) is 18.0 Å². The van der Waals surface area contributed by atoms with Gasteiger partial charge in [0.15, 0.2) is 0 Å². The number of benzene rings is 1. The molecule has 0 saturated carbocycles. The van der Waals surface area contributed by atoms with Gasteiger partial charge in [0.05, 0.1) is 18.4 Å². The van der Waals surface area contributed by atoms with Gasteiger partial charge in [0.2, 0.25) is 10.0 Å². The molecule has 1 rings (SSSR count). The van der Waals surface area contributed by atoms with Crippen molar-refractivity contribution in [3.63, 3.8) is 0 Å². The number of esters is 1. The summed E-state index contributed by atoms with van der Waals surface area (Å²) >= 11 is 0. The first-order valence-electron chi connectivity index (χ1n) is 7.04. The third-order valence-electron chi connectivity index (χ3n) is 3.03. The highest BCUT2D eigenvalue weighted by Crippen LogP contribution is 2.12. The number of ether oxygens (including phenoxy) is 1. The summed E-state index contributed by atoms with van der Waals surface area (Å²) in [5, 5.41) is 9.11. The molecule has 7 nitrogen and oxygen atoms in total. The molecular formula is C15H21NO6S. The van der Waals surface area contributed by atoms with Crippen molar-refractivity contribution in [3.05, 3.63) is 35.4 Å². The number of carbonyl (C=O) groups excluding carboxylic acids is 1. The zero-order valence-electron chi connectivity index (χ0n) is 13.3. The van der Waals surface area contributed by atoms with Crippen molar-refractivity contribution in [3.8, 4) is 0 Å². The number of hydrogen-bond donors (Lipinski definition) is 2. The summed E-state index contributed by atoms with van der Waals surface area (Å²) < 4.78 is 31.1. The predicted octanol–water partition coefficient (Wildman–Crippen LogP) is 1.39. The predicted molar refractivity (Wildman–Crippen MR) is 84.4 cm³/mol. The number of methoxy groups -OCH3 is 1. The summed E-state index contributed by atoms with van der Waals surface area (Å²) in [6, 6.07) is 4.82. The van der Waals surface area contributed by atoms with Crippen LogP contribution in [0.3, 0.4) is 0 Å². The molecule has 0 aliphatic heterocycles. The molecule has 128 valence electrons. The lowest BCUT2D eigenvalue weighted by atomic mass is 10.1. The minimum atomic E-state index is -3.86. The van der Waals surface area contributed by atoms with E-state index >= 15 is 0 Å². The number of carboxylic acids is 1. The summed E-state index contributed by atoms with van der Waals surface area (Å²) in [5.74, 6) is -2.17. The van der Waals surface area contributed by atoms with Crippen LogP contribution in [-0.2, 0) is 25.3 Å². The number of carbonyl (C=O) groups is 2. The van der Waals surface area contributed by atoms with Gasteiger partial charge in [-0.3, -0.25) is 4.79 Å². The van der Waals surface area contributed by atoms with E-state index in [1.807, 2.05) is 13.8 Å². The van der Waals surface area contributed by atoms with Gasteiger partial charge in [-0.1, -0.05) is 26.0 Å². The molecule has 1 aromatic carbocycles. The fourth-order valence-corrected chi connectivity index (χ4v) is 3.39. The molecule has 8 heteroatoms. The van der Waals surface area contributed by atoms with Crippen molar-refractivity contribution < 1.29 is 27.9 Å². The van der Waals surface area contributed by atoms with Crippen LogP contribution in [0, 0.1) is 5.92 Å². The molecule has 0 amide bonds. The van der Waals surface area contributed by atoms with Crippen LogP contribution in [0.1, 0.15) is 36.2 Å². The minimum absolute atomic E-state index is 0.0291. The molecule has 0 aliphatic carbocycles. The van der Waals surface area contributed by atoms with Crippen LogP contribution in [0.5, 0.6) is 0 Å². The molecule has 23 heavy (non-hydrogen) atoms. The maximum atomic E-state index is 12.2. The van der Waals surface area contributed by atoms with Gasteiger partial charge in [-0.25, -0.2) is 17.9 Å². The summed E-state index contributed by atoms with van der Waals surface area (Å²) in [7, 11) is -2.62. The largest absolute Gasteiger partial charge is 0.480 e. The molecule has 0 aromatic heterocycles. The van der Waals surface area contributed by atoms with Crippen LogP contribution < -0.4 is 4.72 Å². The Morgan fingerprint density at radius 2 is 1.96 bits per heavy atom. The molecule has 1 unspecified atom stereocenters. The zero-order chi connectivity index (χ0) is 17.6. The molecule has 0 fully saturated rings. The van der Waals surface area contributed by atoms with Crippen LogP contribution in [0.15, 0.2) is 24.3 Å². The number of hydrogen-bond acceptors (Lipinski definition) is 5. The smallest absolute Gasteiger partial charge is 0.337 e. The maximum absolute atomic E-state index is 12.2. The fourth-order valence-electron chi connectivity index (χ4n) is 2.05. The minimum Gasteiger partial charge on any atom is -0.480 e. The van der Waals surface area contributed by atoms with Gasteiger partial charge in [-0.2, -0.15) is 0 Å². The number of nitrogens with one attached hydrogen (secondary N) is 1. The lowest BCUT2D eigenvalue weighted by Gasteiger charge is -2.16. The monoisotopic (exact) mass is 343 g/mol. The summed E-state index contributed by atoms with van der Waals surface area (Å²) in [6.07, 6.45) is 0.191. The Bertz CT molecular complexity index is 668. The van der Waals surface area contributed by atoms with Gasteiger partial charge in [0.25, 0.3) is 0 Å². The van der Waals surface area contributed by atoms with Crippen LogP contribution in [0.2, 0.25) is 0 Å². The Kier molecular flexibility index (Phi) is 6.71. The Balaban J connectivity index is 2.89. The van der Waals surface area contributed by atoms with E-state index in [-0.39, 0.29) is 17.9 Å². The van der Waals surface area contributed by atoms with Gasteiger partial charge < -0.3 is 9.84 Å². The van der Waals surface area contributed by atoms with Gasteiger partial charge in [-0.15, -0.1) is 0 Å². The summed E-state index contributed by atoms with van der Waals surface area (Å²) in [6.45, 7) is 3.62. The molecule has 0 bridgehead atoms. The summed E-state index contributed by atoms with van der Waals surface area (Å²) in [4.78, 5) is 22.6. The third-order valence-corrected chi connectivity index (χ3v) is 4.39. The van der Waals surface area contributed by atoms with E-state index in [2.05, 4.69) is 9.46 Å². The average Bonchev–Trinajstić information content (AvgIpc) is 2.44. The zero-order valence-corrected chi connectivity index (χ0v) is 14.1. The molecule has 1 aromatic rings. The van der Waals surface area contributed by atoms with Crippen LogP contribution in [-0.4, -0.2) is 38.6 Å². The number of rotatable bonds is 8. The Hall–Kier alpha value is -1.93. The van der Waals surface area contributed by atoms with E-state index in [1.54, 1.807) is 12.1 Å². The van der Waals surface area contributed by atoms with Gasteiger partial charge >= 0.3 is 11.9 Å². The van der Waals surface area contributed by atoms with Gasteiger partial charge in [0, 0.05) is 0 Å². The standard InChI is InChI=1S/C15H21NO6S/c1-10(2)7-13(14(17)18)16-23(20,21)9-11-5-4-6-12(8-11)15(19)22-3/h4-6,8,10,13,16H,7,9H2,1-3H3,(H,17,18). The number of aliphatic carboxylic acids is 1. The lowest BCUT2D eigenvalue weighted by Crippen LogP contribution is -2.42. The fraction of sp³-hybridized carbons (Fsp3) is 0.467. The Labute approximate surface area is 135 Å². The highest BCUT2D eigenvalue weighted by molar-refractivity contribution is 7.88. The van der Waals surface area contributed by atoms with Crippen molar-refractivity contribution in [1.29, 1.82) is 0 Å². The Morgan fingerprint density at radius 3 is 2.48 bits per heavy atom. The van der Waals surface area contributed by atoms with Crippen molar-refractivity contribution in [2.75, 3.05) is 7.11 Å². The first kappa shape index (κ1) is 19.1. The normalized spacial score (nSPS) is 12.9. The SMILES string of the molecule is COC(=O)c1cccc(CS(=O)(=O)NC(CC(C)C)C(=O)O)c1. The van der Waals surface area contributed by atoms with Crippen molar-refractivity contribution >= 4 is 22.0 Å². The molecule has 0 saturated heterocycles. The lowest BCUT2D eigenvalue weighted by molar-refractivity contribution is -0.139. The third kappa shape index (κ3) is 6.37. The summed E-state index contributed by atoms with van der Waals surface area (Å²) in [5.41, 5.74) is 0.603. The molecular weight excluding hydrogens is 322 g/mol. The maximum Gasteiger partial charge on any atom is 0.337 e. The van der Waals surface area contributed by atoms with Gasteiger partial charge in [-0.05, 0) is 30.0 Å². The highest BCUT2D eigenvalue weighted by Gasteiger charge is 2.25. The number of carboxylic acid groups (broad SMARTS) is 1. The van der Waals surface area contributed by atoms with E-state index in [0.717, 1.165) is 0 Å². The molecule has 0 radical (unpaired) electrons. The van der Waals surface area contributed by atoms with Crippen molar-refractivity contribution in [2.24, 2.45) is 5.92 Å². The first-order valence-corrected chi connectivity index (χ1v) is 8.70. The molecule has 0 aliphatic rings. The quantitative estimate of drug-likeness (QED) is 0.690.